The first-order chi connectivity index (χ1) is 18.6. The van der Waals surface area contributed by atoms with Crippen molar-refractivity contribution in [3.05, 3.63) is 72.1 Å². The highest BCUT2D eigenvalue weighted by Crippen LogP contribution is 2.56. The van der Waals surface area contributed by atoms with E-state index in [1.807, 2.05) is 43.3 Å². The Balaban J connectivity index is 1.26. The van der Waals surface area contributed by atoms with Crippen molar-refractivity contribution in [2.45, 2.75) is 82.2 Å². The van der Waals surface area contributed by atoms with Gasteiger partial charge in [-0.05, 0) is 85.6 Å². The van der Waals surface area contributed by atoms with E-state index in [0.29, 0.717) is 35.0 Å². The molecule has 0 radical (unpaired) electrons. The van der Waals surface area contributed by atoms with Crippen LogP contribution in [0, 0.1) is 18.3 Å². The fraction of sp³-hybridized carbons (Fsp3) is 0.438. The van der Waals surface area contributed by atoms with Crippen molar-refractivity contribution in [1.82, 2.24) is 13.9 Å². The van der Waals surface area contributed by atoms with Gasteiger partial charge in [-0.1, -0.05) is 44.2 Å². The number of nitrogens with zero attached hydrogens (tertiary/aromatic N) is 3. The normalized spacial score (nSPS) is 26.9. The molecule has 2 aliphatic heterocycles. The largest absolute Gasteiger partial charge is 0.337 e. The Morgan fingerprint density at radius 2 is 1.77 bits per heavy atom. The zero-order valence-corrected chi connectivity index (χ0v) is 23.6. The number of benzene rings is 2. The van der Waals surface area contributed by atoms with Crippen molar-refractivity contribution in [3.63, 3.8) is 0 Å². The summed E-state index contributed by atoms with van der Waals surface area (Å²) in [5, 5.41) is 1.70. The number of pyridine rings is 1. The predicted molar refractivity (Wildman–Crippen MR) is 153 cm³/mol. The van der Waals surface area contributed by atoms with Gasteiger partial charge in [0.2, 0.25) is 5.91 Å². The average Bonchev–Trinajstić information content (AvgIpc) is 3.29. The quantitative estimate of drug-likeness (QED) is 0.293. The lowest BCUT2D eigenvalue weighted by Gasteiger charge is -2.61. The second-order valence-electron chi connectivity index (χ2n) is 12.7. The van der Waals surface area contributed by atoms with Gasteiger partial charge in [0, 0.05) is 41.7 Å². The number of rotatable bonds is 5. The molecule has 8 rings (SSSR count). The van der Waals surface area contributed by atoms with Crippen molar-refractivity contribution in [2.24, 2.45) is 11.3 Å². The predicted octanol–water partition coefficient (Wildman–Crippen LogP) is 6.41. The maximum atomic E-state index is 14.1. The van der Waals surface area contributed by atoms with Crippen LogP contribution in [0.25, 0.3) is 21.8 Å². The number of fused-ring (bicyclic) bond motifs is 2. The number of piperidine rings is 2. The van der Waals surface area contributed by atoms with Crippen molar-refractivity contribution in [3.8, 4) is 0 Å². The molecule has 39 heavy (non-hydrogen) atoms. The summed E-state index contributed by atoms with van der Waals surface area (Å²) in [6, 6.07) is 15.4. The van der Waals surface area contributed by atoms with Gasteiger partial charge in [-0.25, -0.2) is 12.4 Å². The second kappa shape index (κ2) is 8.65. The monoisotopic (exact) mass is 541 g/mol. The molecule has 3 atom stereocenters. The third kappa shape index (κ3) is 3.84. The van der Waals surface area contributed by atoms with Gasteiger partial charge in [0.05, 0.1) is 11.0 Å². The Bertz CT molecular complexity index is 1720. The summed E-state index contributed by atoms with van der Waals surface area (Å²) in [5.41, 5.74) is 3.41. The number of para-hydroxylation sites is 1. The smallest absolute Gasteiger partial charge is 0.270 e. The number of aromatic nitrogens is 2. The van der Waals surface area contributed by atoms with Gasteiger partial charge in [-0.2, -0.15) is 0 Å². The van der Waals surface area contributed by atoms with E-state index in [-0.39, 0.29) is 16.7 Å². The topological polar surface area (TPSA) is 72.3 Å². The van der Waals surface area contributed by atoms with Crippen LogP contribution in [0.3, 0.4) is 0 Å². The fourth-order valence-corrected chi connectivity index (χ4v) is 9.87. The van der Waals surface area contributed by atoms with E-state index >= 15 is 0 Å². The summed E-state index contributed by atoms with van der Waals surface area (Å²) in [5.74, 6) is 0.870. The Morgan fingerprint density at radius 1 is 1.05 bits per heavy atom. The number of aryl methyl sites for hydroxylation is 1. The second-order valence-corrected chi connectivity index (χ2v) is 14.4. The number of carbonyl (C=O) groups is 1. The zero-order chi connectivity index (χ0) is 27.1. The first-order valence-electron chi connectivity index (χ1n) is 14.2. The van der Waals surface area contributed by atoms with Crippen LogP contribution in [-0.2, 0) is 14.8 Å². The highest BCUT2D eigenvalue weighted by atomic mass is 32.2. The molecule has 4 fully saturated rings. The van der Waals surface area contributed by atoms with Crippen LogP contribution in [0.1, 0.15) is 69.4 Å². The molecule has 3 unspecified atom stereocenters. The average molecular weight is 542 g/mol. The van der Waals surface area contributed by atoms with Crippen LogP contribution in [0.4, 0.5) is 0 Å². The molecule has 6 nitrogen and oxygen atoms in total. The van der Waals surface area contributed by atoms with Gasteiger partial charge in [0.25, 0.3) is 10.0 Å². The lowest BCUT2D eigenvalue weighted by molar-refractivity contribution is -0.156. The van der Waals surface area contributed by atoms with E-state index < -0.39 is 10.0 Å². The first kappa shape index (κ1) is 24.8. The minimum Gasteiger partial charge on any atom is -0.337 e. The molecule has 2 aromatic heterocycles. The third-order valence-corrected chi connectivity index (χ3v) is 11.4. The highest BCUT2D eigenvalue weighted by molar-refractivity contribution is 7.90. The molecule has 1 amide bonds. The van der Waals surface area contributed by atoms with E-state index in [9.17, 15) is 13.2 Å². The third-order valence-electron chi connectivity index (χ3n) is 9.70. The maximum absolute atomic E-state index is 14.1. The molecule has 7 heteroatoms. The summed E-state index contributed by atoms with van der Waals surface area (Å²) in [7, 11) is -3.93. The molecule has 0 N–H and O–H groups in total. The van der Waals surface area contributed by atoms with E-state index in [2.05, 4.69) is 23.7 Å². The van der Waals surface area contributed by atoms with Crippen molar-refractivity contribution in [2.75, 3.05) is 0 Å². The fourth-order valence-electron chi connectivity index (χ4n) is 8.32. The summed E-state index contributed by atoms with van der Waals surface area (Å²) in [6.07, 6.45) is 9.60. The molecule has 2 saturated carbocycles. The minimum atomic E-state index is -3.93. The van der Waals surface area contributed by atoms with Crippen LogP contribution in [-0.4, -0.2) is 40.3 Å². The Labute approximate surface area is 230 Å². The summed E-state index contributed by atoms with van der Waals surface area (Å²) >= 11 is 0. The molecular weight excluding hydrogens is 506 g/mol. The van der Waals surface area contributed by atoms with Gasteiger partial charge in [-0.15, -0.1) is 0 Å². The van der Waals surface area contributed by atoms with E-state index in [4.69, 9.17) is 0 Å². The highest BCUT2D eigenvalue weighted by Gasteiger charge is 2.53. The van der Waals surface area contributed by atoms with Gasteiger partial charge in [-0.3, -0.25) is 9.78 Å². The number of carbonyl (C=O) groups excluding carboxylic acids is 1. The van der Waals surface area contributed by atoms with E-state index in [1.165, 1.54) is 10.4 Å². The molecule has 202 valence electrons. The number of hydrogen-bond donors (Lipinski definition) is 0. The molecule has 4 aliphatic rings. The number of amides is 1. The van der Waals surface area contributed by atoms with Crippen molar-refractivity contribution >= 4 is 37.7 Å². The van der Waals surface area contributed by atoms with E-state index in [0.717, 1.165) is 53.5 Å². The molecular formula is C32H35N3O3S. The van der Waals surface area contributed by atoms with Crippen LogP contribution in [0.15, 0.2) is 65.8 Å². The zero-order valence-electron chi connectivity index (χ0n) is 22.8. The number of hydrogen-bond acceptors (Lipinski definition) is 4. The Morgan fingerprint density at radius 3 is 2.51 bits per heavy atom. The minimum absolute atomic E-state index is 0.115. The molecule has 2 aliphatic carbocycles. The van der Waals surface area contributed by atoms with Gasteiger partial charge in [0.15, 0.2) is 0 Å². The summed E-state index contributed by atoms with van der Waals surface area (Å²) < 4.78 is 29.6. The van der Waals surface area contributed by atoms with Crippen molar-refractivity contribution < 1.29 is 13.2 Å². The maximum Gasteiger partial charge on any atom is 0.270 e. The molecule has 4 bridgehead atoms. The Kier molecular flexibility index (Phi) is 5.51. The van der Waals surface area contributed by atoms with Gasteiger partial charge in [0.1, 0.15) is 4.90 Å². The summed E-state index contributed by atoms with van der Waals surface area (Å²) in [6.45, 7) is 6.49. The van der Waals surface area contributed by atoms with Crippen LogP contribution < -0.4 is 0 Å². The SMILES string of the molecule is Cc1cccc2c1c(C(C)CC(=O)N1C3CC4CC1CC(C)(C4)C3)cn2S(=O)(=O)c1cccc2cccnc12. The van der Waals surface area contributed by atoms with Gasteiger partial charge < -0.3 is 4.90 Å². The lowest BCUT2D eigenvalue weighted by atomic mass is 9.56. The van der Waals surface area contributed by atoms with Crippen LogP contribution in [0.2, 0.25) is 0 Å². The van der Waals surface area contributed by atoms with E-state index in [1.54, 1.807) is 24.5 Å². The van der Waals surface area contributed by atoms with Crippen molar-refractivity contribution in [1.29, 1.82) is 0 Å². The molecule has 4 heterocycles. The van der Waals surface area contributed by atoms with Crippen LogP contribution >= 0.6 is 0 Å². The molecule has 4 aromatic rings. The van der Waals surface area contributed by atoms with Crippen LogP contribution in [0.5, 0.6) is 0 Å². The lowest BCUT2D eigenvalue weighted by Crippen LogP contribution is -2.62. The van der Waals surface area contributed by atoms with Gasteiger partial charge >= 0.3 is 0 Å². The first-order valence-corrected chi connectivity index (χ1v) is 15.6. The molecule has 2 aromatic carbocycles. The molecule has 0 spiro atoms. The standard InChI is InChI=1S/C32H35N3O3S/c1-20-7-4-10-27-30(20)26(19-34(27)39(37,38)28-11-5-8-23-9-6-12-33-31(23)28)21(2)13-29(36)35-24-14-22-15-25(35)18-32(3,16-22)17-24/h4-12,19,21-22,24-25H,13-18H2,1-3H3. The molecule has 2 saturated heterocycles. The Hall–Kier alpha value is -3.19. The summed E-state index contributed by atoms with van der Waals surface area (Å²) in [4.78, 5) is 20.6.